The number of methoxy groups -OCH3 is 1. The van der Waals surface area contributed by atoms with Gasteiger partial charge in [-0.25, -0.2) is 4.99 Å². The van der Waals surface area contributed by atoms with E-state index in [-0.39, 0.29) is 5.91 Å². The van der Waals surface area contributed by atoms with Gasteiger partial charge in [-0.15, -0.1) is 0 Å². The summed E-state index contributed by atoms with van der Waals surface area (Å²) >= 11 is 1.41. The van der Waals surface area contributed by atoms with Crippen LogP contribution in [-0.4, -0.2) is 18.1 Å². The minimum atomic E-state index is -0.183. The minimum absolute atomic E-state index is 0.183. The Morgan fingerprint density at radius 2 is 1.91 bits per heavy atom. The van der Waals surface area contributed by atoms with Crippen molar-refractivity contribution in [2.75, 3.05) is 7.11 Å². The molecule has 0 N–H and O–H groups in total. The van der Waals surface area contributed by atoms with Gasteiger partial charge in [-0.1, -0.05) is 48.2 Å². The van der Waals surface area contributed by atoms with Crippen molar-refractivity contribution in [2.45, 2.75) is 6.92 Å². The number of hydrogen-bond acceptors (Lipinski definition) is 3. The lowest BCUT2D eigenvalue weighted by Crippen LogP contribution is -1.90. The van der Waals surface area contributed by atoms with Gasteiger partial charge in [-0.3, -0.25) is 4.79 Å². The molecule has 0 spiro atoms. The maximum absolute atomic E-state index is 12.1. The zero-order valence-electron chi connectivity index (χ0n) is 12.4. The van der Waals surface area contributed by atoms with Crippen LogP contribution in [0.2, 0.25) is 0 Å². The fourth-order valence-corrected chi connectivity index (χ4v) is 3.17. The molecule has 0 radical (unpaired) electrons. The molecule has 0 bridgehead atoms. The highest BCUT2D eigenvalue weighted by Crippen LogP contribution is 2.32. The second-order valence-corrected chi connectivity index (χ2v) is 5.96. The van der Waals surface area contributed by atoms with Crippen LogP contribution in [0.5, 0.6) is 5.75 Å². The van der Waals surface area contributed by atoms with Crippen molar-refractivity contribution in [3.05, 3.63) is 70.1 Å². The number of aliphatic imine (C=N–C) groups is 1. The molecule has 3 rings (SSSR count). The maximum Gasteiger partial charge on any atom is 0.284 e. The molecule has 0 unspecified atom stereocenters. The Balaban J connectivity index is 1.85. The highest BCUT2D eigenvalue weighted by molar-refractivity contribution is 8.19. The van der Waals surface area contributed by atoms with Crippen LogP contribution in [0, 0.1) is 6.92 Å². The van der Waals surface area contributed by atoms with E-state index in [1.807, 2.05) is 61.5 Å². The van der Waals surface area contributed by atoms with Crippen LogP contribution in [0.4, 0.5) is 0 Å². The van der Waals surface area contributed by atoms with Gasteiger partial charge < -0.3 is 4.74 Å². The van der Waals surface area contributed by atoms with Crippen LogP contribution in [0.15, 0.2) is 58.4 Å². The fraction of sp³-hybridized carbons (Fsp3) is 0.111. The third-order valence-electron chi connectivity index (χ3n) is 3.36. The first-order valence-electron chi connectivity index (χ1n) is 6.90. The van der Waals surface area contributed by atoms with Crippen LogP contribution in [0.3, 0.4) is 0 Å². The van der Waals surface area contributed by atoms with Gasteiger partial charge in [0, 0.05) is 5.56 Å². The molecule has 1 heterocycles. The predicted octanol–water partition coefficient (Wildman–Crippen LogP) is 4.06. The molecule has 3 nitrogen and oxygen atoms in total. The summed E-state index contributed by atoms with van der Waals surface area (Å²) in [5.74, 6) is 0.658. The van der Waals surface area contributed by atoms with E-state index in [4.69, 9.17) is 4.74 Å². The normalized spacial score (nSPS) is 16.0. The van der Waals surface area contributed by atoms with Crippen LogP contribution < -0.4 is 4.74 Å². The highest BCUT2D eigenvalue weighted by atomic mass is 32.2. The first-order chi connectivity index (χ1) is 10.7. The standard InChI is InChI=1S/C18H15NO2S/c1-12-10-13(8-9-15(12)21-2)11-16-17(20)19-18(22-16)14-6-4-3-5-7-14/h3-11H,1-2H3/b16-11-. The van der Waals surface area contributed by atoms with E-state index in [0.717, 1.165) is 27.5 Å². The van der Waals surface area contributed by atoms with Gasteiger partial charge in [-0.2, -0.15) is 0 Å². The molecular formula is C18H15NO2S. The Labute approximate surface area is 133 Å². The lowest BCUT2D eigenvalue weighted by molar-refractivity contribution is -0.113. The summed E-state index contributed by atoms with van der Waals surface area (Å²) in [6, 6.07) is 15.6. The van der Waals surface area contributed by atoms with Crippen LogP contribution in [0.25, 0.3) is 6.08 Å². The van der Waals surface area contributed by atoms with E-state index in [1.54, 1.807) is 7.11 Å². The van der Waals surface area contributed by atoms with E-state index in [9.17, 15) is 4.79 Å². The van der Waals surface area contributed by atoms with E-state index in [1.165, 1.54) is 11.8 Å². The molecule has 0 atom stereocenters. The molecule has 1 aliphatic rings. The van der Waals surface area contributed by atoms with E-state index in [2.05, 4.69) is 4.99 Å². The topological polar surface area (TPSA) is 38.7 Å². The van der Waals surface area contributed by atoms with Crippen LogP contribution in [0.1, 0.15) is 16.7 Å². The number of benzene rings is 2. The zero-order chi connectivity index (χ0) is 15.5. The van der Waals surface area contributed by atoms with Crippen molar-refractivity contribution < 1.29 is 9.53 Å². The SMILES string of the molecule is COc1ccc(/C=C2\SC(c3ccccc3)=NC2=O)cc1C. The van der Waals surface area contributed by atoms with Crippen molar-refractivity contribution in [3.63, 3.8) is 0 Å². The van der Waals surface area contributed by atoms with Crippen LogP contribution >= 0.6 is 11.8 Å². The molecule has 2 aromatic carbocycles. The number of aryl methyl sites for hydroxylation is 1. The third kappa shape index (κ3) is 2.97. The number of ether oxygens (including phenoxy) is 1. The Morgan fingerprint density at radius 1 is 1.14 bits per heavy atom. The number of hydrogen-bond donors (Lipinski definition) is 0. The van der Waals surface area contributed by atoms with E-state index in [0.29, 0.717) is 4.91 Å². The van der Waals surface area contributed by atoms with Gasteiger partial charge >= 0.3 is 0 Å². The van der Waals surface area contributed by atoms with Gasteiger partial charge in [0.1, 0.15) is 10.8 Å². The summed E-state index contributed by atoms with van der Waals surface area (Å²) in [6.45, 7) is 1.98. The number of rotatable bonds is 3. The molecule has 22 heavy (non-hydrogen) atoms. The summed E-state index contributed by atoms with van der Waals surface area (Å²) in [4.78, 5) is 16.9. The molecule has 0 fully saturated rings. The Morgan fingerprint density at radius 3 is 2.59 bits per heavy atom. The quantitative estimate of drug-likeness (QED) is 0.802. The average Bonchev–Trinajstić information content (AvgIpc) is 2.89. The molecule has 110 valence electrons. The molecule has 0 aliphatic carbocycles. The van der Waals surface area contributed by atoms with Crippen molar-refractivity contribution in [1.29, 1.82) is 0 Å². The summed E-state index contributed by atoms with van der Waals surface area (Å²) in [6.07, 6.45) is 1.87. The molecule has 2 aromatic rings. The summed E-state index contributed by atoms with van der Waals surface area (Å²) < 4.78 is 5.25. The van der Waals surface area contributed by atoms with Crippen LogP contribution in [-0.2, 0) is 4.79 Å². The number of carbonyl (C=O) groups is 1. The third-order valence-corrected chi connectivity index (χ3v) is 4.39. The number of carbonyl (C=O) groups excluding carboxylic acids is 1. The number of amides is 1. The number of thioether (sulfide) groups is 1. The molecule has 1 amide bonds. The predicted molar refractivity (Wildman–Crippen MR) is 91.3 cm³/mol. The zero-order valence-corrected chi connectivity index (χ0v) is 13.2. The van der Waals surface area contributed by atoms with Gasteiger partial charge in [0.2, 0.25) is 0 Å². The first-order valence-corrected chi connectivity index (χ1v) is 7.71. The lowest BCUT2D eigenvalue weighted by atomic mass is 10.1. The molecule has 4 heteroatoms. The summed E-state index contributed by atoms with van der Waals surface area (Å²) in [7, 11) is 1.65. The van der Waals surface area contributed by atoms with Crippen molar-refractivity contribution in [2.24, 2.45) is 4.99 Å². The first kappa shape index (κ1) is 14.6. The summed E-state index contributed by atoms with van der Waals surface area (Å²) in [5, 5.41) is 0.752. The average molecular weight is 309 g/mol. The smallest absolute Gasteiger partial charge is 0.284 e. The van der Waals surface area contributed by atoms with Crippen molar-refractivity contribution in [3.8, 4) is 5.75 Å². The van der Waals surface area contributed by atoms with Gasteiger partial charge in [0.25, 0.3) is 5.91 Å². The maximum atomic E-state index is 12.1. The Hall–Kier alpha value is -2.33. The molecule has 1 aliphatic heterocycles. The molecule has 0 aromatic heterocycles. The summed E-state index contributed by atoms with van der Waals surface area (Å²) in [5.41, 5.74) is 2.98. The molecule has 0 saturated carbocycles. The monoisotopic (exact) mass is 309 g/mol. The minimum Gasteiger partial charge on any atom is -0.496 e. The second kappa shape index (κ2) is 6.20. The molecule has 0 saturated heterocycles. The van der Waals surface area contributed by atoms with Gasteiger partial charge in [-0.05, 0) is 36.3 Å². The Kier molecular flexibility index (Phi) is 4.11. The van der Waals surface area contributed by atoms with Crippen molar-refractivity contribution in [1.82, 2.24) is 0 Å². The largest absolute Gasteiger partial charge is 0.496 e. The molecular weight excluding hydrogens is 294 g/mol. The van der Waals surface area contributed by atoms with E-state index >= 15 is 0 Å². The van der Waals surface area contributed by atoms with Crippen molar-refractivity contribution >= 4 is 28.8 Å². The van der Waals surface area contributed by atoms with E-state index < -0.39 is 0 Å². The number of nitrogens with zero attached hydrogens (tertiary/aromatic N) is 1. The van der Waals surface area contributed by atoms with Gasteiger partial charge in [0.15, 0.2) is 0 Å². The lowest BCUT2D eigenvalue weighted by Gasteiger charge is -2.05. The Bertz CT molecular complexity index is 779. The fourth-order valence-electron chi connectivity index (χ4n) is 2.26. The van der Waals surface area contributed by atoms with Gasteiger partial charge in [0.05, 0.1) is 12.0 Å². The second-order valence-electron chi connectivity index (χ2n) is 4.93. The highest BCUT2D eigenvalue weighted by Gasteiger charge is 2.22.